The van der Waals surface area contributed by atoms with Crippen LogP contribution in [0.1, 0.15) is 37.9 Å². The Morgan fingerprint density at radius 3 is 2.24 bits per heavy atom. The van der Waals surface area contributed by atoms with Crippen molar-refractivity contribution in [2.24, 2.45) is 0 Å². The Balaban J connectivity index is 2.43. The Morgan fingerprint density at radius 1 is 1.00 bits per heavy atom. The molecular weight excluding hydrogens is 282 g/mol. The van der Waals surface area contributed by atoms with Crippen molar-refractivity contribution in [2.75, 3.05) is 0 Å². The van der Waals surface area contributed by atoms with Crippen LogP contribution in [0.15, 0.2) is 36.1 Å². The van der Waals surface area contributed by atoms with Crippen molar-refractivity contribution in [1.29, 1.82) is 0 Å². The summed E-state index contributed by atoms with van der Waals surface area (Å²) in [6, 6.07) is 3.03. The SMILES string of the molecule is CCCc1ccc(C2=CC=C(CC)C(F)(F)C2(F)F)nc1. The molecule has 0 radical (unpaired) electrons. The van der Waals surface area contributed by atoms with Crippen LogP contribution < -0.4 is 0 Å². The minimum atomic E-state index is -4.24. The van der Waals surface area contributed by atoms with E-state index in [9.17, 15) is 17.6 Å². The molecule has 1 nitrogen and oxygen atoms in total. The molecule has 0 unspecified atom stereocenters. The third kappa shape index (κ3) is 2.61. The van der Waals surface area contributed by atoms with Gasteiger partial charge in [0.1, 0.15) is 0 Å². The second-order valence-electron chi connectivity index (χ2n) is 5.08. The summed E-state index contributed by atoms with van der Waals surface area (Å²) in [7, 11) is 0. The van der Waals surface area contributed by atoms with Crippen molar-refractivity contribution >= 4 is 5.57 Å². The average Bonchev–Trinajstić information content (AvgIpc) is 2.43. The fraction of sp³-hybridized carbons (Fsp3) is 0.438. The number of rotatable bonds is 4. The summed E-state index contributed by atoms with van der Waals surface area (Å²) < 4.78 is 56.0. The van der Waals surface area contributed by atoms with E-state index in [1.165, 1.54) is 19.2 Å². The van der Waals surface area contributed by atoms with Crippen LogP contribution in [0.2, 0.25) is 0 Å². The van der Waals surface area contributed by atoms with Crippen LogP contribution in [0, 0.1) is 0 Å². The number of aryl methyl sites for hydroxylation is 1. The molecular formula is C16H17F4N. The quantitative estimate of drug-likeness (QED) is 0.710. The molecule has 0 aliphatic heterocycles. The van der Waals surface area contributed by atoms with Gasteiger partial charge >= 0.3 is 11.8 Å². The van der Waals surface area contributed by atoms with E-state index in [0.29, 0.717) is 0 Å². The van der Waals surface area contributed by atoms with E-state index in [4.69, 9.17) is 0 Å². The van der Waals surface area contributed by atoms with Crippen molar-refractivity contribution in [1.82, 2.24) is 4.98 Å². The second kappa shape index (κ2) is 5.62. The Labute approximate surface area is 121 Å². The molecule has 5 heteroatoms. The van der Waals surface area contributed by atoms with Crippen LogP contribution in [0.25, 0.3) is 5.57 Å². The van der Waals surface area contributed by atoms with Gasteiger partial charge in [0.2, 0.25) is 0 Å². The number of hydrogen-bond donors (Lipinski definition) is 0. The van der Waals surface area contributed by atoms with Gasteiger partial charge in [-0.3, -0.25) is 4.98 Å². The maximum atomic E-state index is 14.1. The lowest BCUT2D eigenvalue weighted by Crippen LogP contribution is -2.44. The van der Waals surface area contributed by atoms with Crippen LogP contribution in [0.3, 0.4) is 0 Å². The number of alkyl halides is 4. The third-order valence-corrected chi connectivity index (χ3v) is 3.61. The molecule has 1 aliphatic rings. The first kappa shape index (κ1) is 15.7. The van der Waals surface area contributed by atoms with E-state index < -0.39 is 23.0 Å². The number of nitrogens with zero attached hydrogens (tertiary/aromatic N) is 1. The van der Waals surface area contributed by atoms with Crippen molar-refractivity contribution < 1.29 is 17.6 Å². The molecule has 0 atom stereocenters. The number of pyridine rings is 1. The predicted octanol–water partition coefficient (Wildman–Crippen LogP) is 5.04. The van der Waals surface area contributed by atoms with Crippen LogP contribution in [-0.2, 0) is 6.42 Å². The number of hydrogen-bond acceptors (Lipinski definition) is 1. The maximum absolute atomic E-state index is 14.1. The lowest BCUT2D eigenvalue weighted by Gasteiger charge is -2.32. The Morgan fingerprint density at radius 2 is 1.71 bits per heavy atom. The van der Waals surface area contributed by atoms with Crippen LogP contribution in [-0.4, -0.2) is 16.8 Å². The first-order valence-corrected chi connectivity index (χ1v) is 6.97. The standard InChI is InChI=1S/C16H17F4N/c1-3-5-11-6-9-14(21-10-11)13-8-7-12(4-2)15(17,18)16(13,19)20/h6-10H,3-5H2,1-2H3. The van der Waals surface area contributed by atoms with E-state index in [1.54, 1.807) is 6.07 Å². The van der Waals surface area contributed by atoms with Crippen LogP contribution >= 0.6 is 0 Å². The lowest BCUT2D eigenvalue weighted by molar-refractivity contribution is -0.149. The van der Waals surface area contributed by atoms with Gasteiger partial charge in [-0.2, -0.15) is 17.6 Å². The zero-order valence-electron chi connectivity index (χ0n) is 12.0. The van der Waals surface area contributed by atoms with Gasteiger partial charge in [0.05, 0.1) is 11.3 Å². The highest BCUT2D eigenvalue weighted by Gasteiger charge is 2.61. The monoisotopic (exact) mass is 299 g/mol. The van der Waals surface area contributed by atoms with Crippen LogP contribution in [0.4, 0.5) is 17.6 Å². The largest absolute Gasteiger partial charge is 0.341 e. The molecule has 0 saturated heterocycles. The molecule has 2 rings (SSSR count). The molecule has 0 spiro atoms. The molecule has 21 heavy (non-hydrogen) atoms. The molecule has 0 N–H and O–H groups in total. The highest BCUT2D eigenvalue weighted by atomic mass is 19.3. The molecule has 0 aromatic carbocycles. The first-order chi connectivity index (χ1) is 9.84. The maximum Gasteiger partial charge on any atom is 0.341 e. The summed E-state index contributed by atoms with van der Waals surface area (Å²) in [5.41, 5.74) is -0.491. The van der Waals surface area contributed by atoms with Gasteiger partial charge in [0, 0.05) is 11.8 Å². The van der Waals surface area contributed by atoms with Gasteiger partial charge in [-0.05, 0) is 24.5 Å². The third-order valence-electron chi connectivity index (χ3n) is 3.61. The second-order valence-corrected chi connectivity index (χ2v) is 5.08. The van der Waals surface area contributed by atoms with E-state index in [-0.39, 0.29) is 12.1 Å². The van der Waals surface area contributed by atoms with Gasteiger partial charge in [0.25, 0.3) is 0 Å². The lowest BCUT2D eigenvalue weighted by atomic mass is 9.87. The van der Waals surface area contributed by atoms with E-state index in [1.807, 2.05) is 6.92 Å². The molecule has 1 aromatic rings. The summed E-state index contributed by atoms with van der Waals surface area (Å²) in [6.45, 7) is 3.43. The summed E-state index contributed by atoms with van der Waals surface area (Å²) >= 11 is 0. The van der Waals surface area contributed by atoms with Gasteiger partial charge in [-0.1, -0.05) is 38.5 Å². The number of halogens is 4. The minimum absolute atomic E-state index is 0.106. The highest BCUT2D eigenvalue weighted by molar-refractivity contribution is 5.74. The fourth-order valence-electron chi connectivity index (χ4n) is 2.37. The predicted molar refractivity (Wildman–Crippen MR) is 74.5 cm³/mol. The summed E-state index contributed by atoms with van der Waals surface area (Å²) in [6.07, 6.45) is 5.16. The van der Waals surface area contributed by atoms with Gasteiger partial charge in [0.15, 0.2) is 0 Å². The molecule has 1 heterocycles. The molecule has 1 aliphatic carbocycles. The topological polar surface area (TPSA) is 12.9 Å². The Hall–Kier alpha value is -1.65. The van der Waals surface area contributed by atoms with Gasteiger partial charge < -0.3 is 0 Å². The van der Waals surface area contributed by atoms with E-state index in [0.717, 1.165) is 30.6 Å². The minimum Gasteiger partial charge on any atom is -0.256 e. The fourth-order valence-corrected chi connectivity index (χ4v) is 2.37. The Kier molecular flexibility index (Phi) is 4.21. The van der Waals surface area contributed by atoms with Gasteiger partial charge in [-0.15, -0.1) is 0 Å². The molecule has 0 bridgehead atoms. The summed E-state index contributed by atoms with van der Waals surface area (Å²) in [5.74, 6) is -8.41. The number of allylic oxidation sites excluding steroid dienone is 4. The van der Waals surface area contributed by atoms with Crippen molar-refractivity contribution in [2.45, 2.75) is 45.0 Å². The van der Waals surface area contributed by atoms with Crippen molar-refractivity contribution in [3.8, 4) is 0 Å². The van der Waals surface area contributed by atoms with Gasteiger partial charge in [-0.25, -0.2) is 0 Å². The zero-order valence-corrected chi connectivity index (χ0v) is 12.0. The molecule has 0 amide bonds. The number of aromatic nitrogens is 1. The van der Waals surface area contributed by atoms with E-state index in [2.05, 4.69) is 4.98 Å². The zero-order chi connectivity index (χ0) is 15.7. The molecule has 114 valence electrons. The Bertz CT molecular complexity index is 570. The highest BCUT2D eigenvalue weighted by Crippen LogP contribution is 2.50. The molecule has 0 saturated carbocycles. The summed E-state index contributed by atoms with van der Waals surface area (Å²) in [5, 5.41) is 0. The molecule has 0 fully saturated rings. The molecule has 1 aromatic heterocycles. The smallest absolute Gasteiger partial charge is 0.256 e. The van der Waals surface area contributed by atoms with Crippen molar-refractivity contribution in [3.63, 3.8) is 0 Å². The average molecular weight is 299 g/mol. The summed E-state index contributed by atoms with van der Waals surface area (Å²) in [4.78, 5) is 3.92. The first-order valence-electron chi connectivity index (χ1n) is 6.97. The van der Waals surface area contributed by atoms with E-state index >= 15 is 0 Å². The van der Waals surface area contributed by atoms with Crippen LogP contribution in [0.5, 0.6) is 0 Å². The van der Waals surface area contributed by atoms with Crippen molar-refractivity contribution in [3.05, 3.63) is 47.3 Å². The normalized spacial score (nSPS) is 19.9.